The van der Waals surface area contributed by atoms with E-state index in [4.69, 9.17) is 21.4 Å². The molecule has 0 unspecified atom stereocenters. The highest BCUT2D eigenvalue weighted by Crippen LogP contribution is 2.25. The van der Waals surface area contributed by atoms with Gasteiger partial charge in [-0.2, -0.15) is 0 Å². The minimum atomic E-state index is -1.25. The van der Waals surface area contributed by atoms with E-state index in [1.807, 2.05) is 0 Å². The molecule has 0 saturated heterocycles. The maximum absolute atomic E-state index is 10.8. The molecule has 8 heteroatoms. The minimum Gasteiger partial charge on any atom is -0.476 e. The quantitative estimate of drug-likeness (QED) is 0.829. The summed E-state index contributed by atoms with van der Waals surface area (Å²) in [6.45, 7) is 1.66. The summed E-state index contributed by atoms with van der Waals surface area (Å²) in [6, 6.07) is 1.47. The van der Waals surface area contributed by atoms with E-state index in [-0.39, 0.29) is 17.3 Å². The summed E-state index contributed by atoms with van der Waals surface area (Å²) in [4.78, 5) is 14.8. The SMILES string of the molecule is CC#Cc1ncc(Oc2[nH]nnc2C(=O)O)cc1Cl. The third-order valence-electron chi connectivity index (χ3n) is 2.00. The van der Waals surface area contributed by atoms with E-state index in [0.717, 1.165) is 0 Å². The molecule has 96 valence electrons. The predicted octanol–water partition coefficient (Wildman–Crippen LogP) is 1.71. The number of hydrogen-bond donors (Lipinski definition) is 2. The zero-order valence-electron chi connectivity index (χ0n) is 9.64. The van der Waals surface area contributed by atoms with E-state index in [2.05, 4.69) is 32.2 Å². The first-order valence-corrected chi connectivity index (χ1v) is 5.40. The van der Waals surface area contributed by atoms with Crippen molar-refractivity contribution < 1.29 is 14.6 Å². The highest BCUT2D eigenvalue weighted by atomic mass is 35.5. The second-order valence-corrected chi connectivity index (χ2v) is 3.68. The van der Waals surface area contributed by atoms with Crippen molar-refractivity contribution in [3.63, 3.8) is 0 Å². The Kier molecular flexibility index (Phi) is 3.63. The summed E-state index contributed by atoms with van der Waals surface area (Å²) in [7, 11) is 0. The number of ether oxygens (including phenoxy) is 1. The van der Waals surface area contributed by atoms with Gasteiger partial charge in [-0.15, -0.1) is 5.10 Å². The molecule has 0 aromatic carbocycles. The molecule has 2 aromatic rings. The van der Waals surface area contributed by atoms with E-state index in [0.29, 0.717) is 10.7 Å². The molecule has 0 radical (unpaired) electrons. The largest absolute Gasteiger partial charge is 0.476 e. The van der Waals surface area contributed by atoms with Crippen molar-refractivity contribution >= 4 is 17.6 Å². The molecule has 0 aliphatic rings. The zero-order valence-corrected chi connectivity index (χ0v) is 10.4. The molecule has 0 bridgehead atoms. The smallest absolute Gasteiger partial charge is 0.362 e. The van der Waals surface area contributed by atoms with E-state index in [9.17, 15) is 4.79 Å². The van der Waals surface area contributed by atoms with Gasteiger partial charge in [-0.1, -0.05) is 22.7 Å². The van der Waals surface area contributed by atoms with E-state index in [1.54, 1.807) is 6.92 Å². The number of H-pyrrole nitrogens is 1. The third kappa shape index (κ3) is 2.81. The molecule has 0 atom stereocenters. The Morgan fingerprint density at radius 3 is 3.00 bits per heavy atom. The number of nitrogens with one attached hydrogen (secondary N) is 1. The Labute approximate surface area is 112 Å². The van der Waals surface area contributed by atoms with Gasteiger partial charge in [-0.3, -0.25) is 0 Å². The molecule has 2 aromatic heterocycles. The van der Waals surface area contributed by atoms with Gasteiger partial charge in [0.2, 0.25) is 5.69 Å². The van der Waals surface area contributed by atoms with Gasteiger partial charge in [0.1, 0.15) is 11.4 Å². The van der Waals surface area contributed by atoms with Crippen molar-refractivity contribution in [3.05, 3.63) is 28.7 Å². The van der Waals surface area contributed by atoms with Crippen LogP contribution in [0.1, 0.15) is 23.1 Å². The second-order valence-electron chi connectivity index (χ2n) is 3.27. The Hall–Kier alpha value is -2.59. The van der Waals surface area contributed by atoms with Gasteiger partial charge in [0.25, 0.3) is 5.88 Å². The molecule has 2 heterocycles. The number of pyridine rings is 1. The third-order valence-corrected chi connectivity index (χ3v) is 2.29. The Balaban J connectivity index is 2.28. The minimum absolute atomic E-state index is 0.0975. The summed E-state index contributed by atoms with van der Waals surface area (Å²) in [6.07, 6.45) is 1.37. The summed E-state index contributed by atoms with van der Waals surface area (Å²) < 4.78 is 5.27. The first kappa shape index (κ1) is 12.9. The summed E-state index contributed by atoms with van der Waals surface area (Å²) in [5.41, 5.74) is 0.0891. The normalized spacial score (nSPS) is 9.58. The van der Waals surface area contributed by atoms with Gasteiger partial charge in [0.05, 0.1) is 11.2 Å². The average Bonchev–Trinajstić information content (AvgIpc) is 2.81. The highest BCUT2D eigenvalue weighted by Gasteiger charge is 2.17. The van der Waals surface area contributed by atoms with Crippen LogP contribution in [0.25, 0.3) is 0 Å². The number of halogens is 1. The van der Waals surface area contributed by atoms with Crippen molar-refractivity contribution in [1.82, 2.24) is 20.4 Å². The first-order chi connectivity index (χ1) is 9.11. The van der Waals surface area contributed by atoms with Crippen LogP contribution in [-0.4, -0.2) is 31.5 Å². The molecule has 0 aliphatic carbocycles. The molecule has 0 amide bonds. The number of carboxylic acids is 1. The number of aromatic carboxylic acids is 1. The molecule has 19 heavy (non-hydrogen) atoms. The molecule has 0 aliphatic heterocycles. The Morgan fingerprint density at radius 2 is 2.37 bits per heavy atom. The van der Waals surface area contributed by atoms with Crippen LogP contribution >= 0.6 is 11.6 Å². The van der Waals surface area contributed by atoms with Crippen molar-refractivity contribution in [2.45, 2.75) is 6.92 Å². The lowest BCUT2D eigenvalue weighted by Crippen LogP contribution is -2.00. The number of hydrogen-bond acceptors (Lipinski definition) is 5. The van der Waals surface area contributed by atoms with Crippen molar-refractivity contribution in [2.24, 2.45) is 0 Å². The van der Waals surface area contributed by atoms with Crippen LogP contribution in [0, 0.1) is 11.8 Å². The number of carboxylic acid groups (broad SMARTS) is 1. The van der Waals surface area contributed by atoms with Gasteiger partial charge < -0.3 is 9.84 Å². The predicted molar refractivity (Wildman–Crippen MR) is 65.2 cm³/mol. The van der Waals surface area contributed by atoms with Gasteiger partial charge in [-0.25, -0.2) is 14.9 Å². The fourth-order valence-corrected chi connectivity index (χ4v) is 1.44. The number of nitrogens with zero attached hydrogens (tertiary/aromatic N) is 3. The Bertz CT molecular complexity index is 687. The molecule has 2 N–H and O–H groups in total. The molecular formula is C11H7ClN4O3. The molecule has 0 spiro atoms. The van der Waals surface area contributed by atoms with Gasteiger partial charge in [0.15, 0.2) is 0 Å². The lowest BCUT2D eigenvalue weighted by Gasteiger charge is -2.03. The van der Waals surface area contributed by atoms with Gasteiger partial charge >= 0.3 is 5.97 Å². The molecule has 0 saturated carbocycles. The fourth-order valence-electron chi connectivity index (χ4n) is 1.23. The number of aromatic amines is 1. The maximum atomic E-state index is 10.8. The fraction of sp³-hybridized carbons (Fsp3) is 0.0909. The van der Waals surface area contributed by atoms with E-state index in [1.165, 1.54) is 12.3 Å². The van der Waals surface area contributed by atoms with Crippen LogP contribution in [-0.2, 0) is 0 Å². The number of rotatable bonds is 3. The number of carbonyl (C=O) groups is 1. The van der Waals surface area contributed by atoms with E-state index >= 15 is 0 Å². The highest BCUT2D eigenvalue weighted by molar-refractivity contribution is 6.31. The summed E-state index contributed by atoms with van der Waals surface area (Å²) >= 11 is 5.95. The van der Waals surface area contributed by atoms with Crippen LogP contribution in [0.15, 0.2) is 12.3 Å². The lowest BCUT2D eigenvalue weighted by molar-refractivity contribution is 0.0687. The first-order valence-electron chi connectivity index (χ1n) is 5.02. The average molecular weight is 279 g/mol. The van der Waals surface area contributed by atoms with Gasteiger partial charge in [-0.05, 0) is 12.8 Å². The van der Waals surface area contributed by atoms with Crippen LogP contribution in [0.5, 0.6) is 11.6 Å². The summed E-state index contributed by atoms with van der Waals surface area (Å²) in [5, 5.41) is 18.2. The van der Waals surface area contributed by atoms with E-state index < -0.39 is 5.97 Å². The van der Waals surface area contributed by atoms with Gasteiger partial charge in [0, 0.05) is 6.07 Å². The molecule has 7 nitrogen and oxygen atoms in total. The zero-order chi connectivity index (χ0) is 13.8. The maximum Gasteiger partial charge on any atom is 0.362 e. The van der Waals surface area contributed by atoms with Crippen molar-refractivity contribution in [1.29, 1.82) is 0 Å². The lowest BCUT2D eigenvalue weighted by atomic mass is 10.3. The summed E-state index contributed by atoms with van der Waals surface area (Å²) in [5.74, 6) is 4.29. The molecular weight excluding hydrogens is 272 g/mol. The monoisotopic (exact) mass is 278 g/mol. The number of aromatic nitrogens is 4. The van der Waals surface area contributed by atoms with Crippen LogP contribution in [0.2, 0.25) is 5.02 Å². The topological polar surface area (TPSA) is 101 Å². The van der Waals surface area contributed by atoms with Crippen LogP contribution in [0.3, 0.4) is 0 Å². The van der Waals surface area contributed by atoms with Crippen LogP contribution in [0.4, 0.5) is 0 Å². The van der Waals surface area contributed by atoms with Crippen molar-refractivity contribution in [3.8, 4) is 23.5 Å². The van der Waals surface area contributed by atoms with Crippen LogP contribution < -0.4 is 4.74 Å². The second kappa shape index (κ2) is 5.37. The molecule has 2 rings (SSSR count). The molecule has 0 fully saturated rings. The standard InChI is InChI=1S/C11H7ClN4O3/c1-2-3-8-7(12)4-6(5-13-8)19-10-9(11(17)18)14-16-15-10/h4-5H,1H3,(H,17,18)(H,14,15,16). The Morgan fingerprint density at radius 1 is 1.58 bits per heavy atom. The van der Waals surface area contributed by atoms with Crippen molar-refractivity contribution in [2.75, 3.05) is 0 Å².